The summed E-state index contributed by atoms with van der Waals surface area (Å²) in [5.74, 6) is -0.973. The average Bonchev–Trinajstić information content (AvgIpc) is 3.28. The fourth-order valence-electron chi connectivity index (χ4n) is 7.13. The van der Waals surface area contributed by atoms with Crippen LogP contribution < -0.4 is 0 Å². The van der Waals surface area contributed by atoms with Crippen molar-refractivity contribution in [1.29, 1.82) is 0 Å². The lowest BCUT2D eigenvalue weighted by molar-refractivity contribution is -0.167. The van der Waals surface area contributed by atoms with Crippen LogP contribution in [-0.4, -0.2) is 37.2 Å². The van der Waals surface area contributed by atoms with Gasteiger partial charge in [-0.05, 0) is 109 Å². The number of esters is 3. The van der Waals surface area contributed by atoms with Gasteiger partial charge in [-0.1, -0.05) is 196 Å². The summed E-state index contributed by atoms with van der Waals surface area (Å²) in [6.45, 7) is 6.53. The van der Waals surface area contributed by atoms with Crippen molar-refractivity contribution in [1.82, 2.24) is 0 Å². The van der Waals surface area contributed by atoms with E-state index in [1.54, 1.807) is 0 Å². The summed E-state index contributed by atoms with van der Waals surface area (Å²) in [6.07, 6.45) is 64.6. The highest BCUT2D eigenvalue weighted by molar-refractivity contribution is 5.71. The van der Waals surface area contributed by atoms with Crippen molar-refractivity contribution >= 4 is 17.9 Å². The van der Waals surface area contributed by atoms with Gasteiger partial charge in [0, 0.05) is 19.3 Å². The van der Waals surface area contributed by atoms with Crippen molar-refractivity contribution in [2.24, 2.45) is 0 Å². The lowest BCUT2D eigenvalue weighted by Gasteiger charge is -2.18. The van der Waals surface area contributed by atoms with E-state index in [1.165, 1.54) is 122 Å². The Morgan fingerprint density at radius 3 is 1.00 bits per heavy atom. The first-order valence-corrected chi connectivity index (χ1v) is 26.4. The minimum atomic E-state index is -0.804. The molecule has 0 rings (SSSR count). The highest BCUT2D eigenvalue weighted by Gasteiger charge is 2.19. The molecule has 0 spiro atoms. The standard InChI is InChI=1S/C57H98O6/c1-4-7-10-13-16-19-22-25-28-29-30-33-35-38-41-44-47-50-56(59)62-53-54(63-57(60)51-48-45-42-39-36-32-27-24-21-18-15-12-9-6-3)52-61-55(58)49-46-43-40-37-34-31-26-23-20-17-14-11-8-5-2/h16,19,23-28,30,33,38,41,54H,4-15,17-18,20-22,29,31-32,34-37,39-40,42-53H2,1-3H3/b19-16+,26-23+,27-24+,28-25+,33-30+,41-38+/t54-/m1/s1. The maximum absolute atomic E-state index is 12.8. The molecule has 0 aromatic heterocycles. The molecule has 63 heavy (non-hydrogen) atoms. The molecule has 0 heterocycles. The summed E-state index contributed by atoms with van der Waals surface area (Å²) in [4.78, 5) is 38.0. The van der Waals surface area contributed by atoms with Gasteiger partial charge in [0.05, 0.1) is 0 Å². The second kappa shape index (κ2) is 51.5. The number of hydrogen-bond donors (Lipinski definition) is 0. The Morgan fingerprint density at radius 2 is 0.587 bits per heavy atom. The van der Waals surface area contributed by atoms with Crippen LogP contribution in [0.3, 0.4) is 0 Å². The van der Waals surface area contributed by atoms with Crippen LogP contribution in [0.2, 0.25) is 0 Å². The third-order valence-corrected chi connectivity index (χ3v) is 11.2. The van der Waals surface area contributed by atoms with Crippen LogP contribution in [0.1, 0.15) is 252 Å². The molecule has 0 aromatic carbocycles. The van der Waals surface area contributed by atoms with Crippen molar-refractivity contribution in [3.05, 3.63) is 72.9 Å². The van der Waals surface area contributed by atoms with Crippen LogP contribution in [0.5, 0.6) is 0 Å². The first-order chi connectivity index (χ1) is 31.0. The van der Waals surface area contributed by atoms with E-state index in [-0.39, 0.29) is 37.5 Å². The van der Waals surface area contributed by atoms with E-state index in [4.69, 9.17) is 14.2 Å². The third-order valence-electron chi connectivity index (χ3n) is 11.2. The molecule has 0 aliphatic heterocycles. The predicted molar refractivity (Wildman–Crippen MR) is 270 cm³/mol. The molecule has 362 valence electrons. The monoisotopic (exact) mass is 879 g/mol. The molecule has 0 amide bonds. The van der Waals surface area contributed by atoms with E-state index in [0.29, 0.717) is 19.3 Å². The molecule has 0 saturated carbocycles. The number of carbonyl (C=O) groups is 3. The number of hydrogen-bond acceptors (Lipinski definition) is 6. The summed E-state index contributed by atoms with van der Waals surface area (Å²) in [7, 11) is 0. The number of rotatable bonds is 47. The van der Waals surface area contributed by atoms with E-state index in [1.807, 2.05) is 0 Å². The second-order valence-corrected chi connectivity index (χ2v) is 17.4. The second-order valence-electron chi connectivity index (χ2n) is 17.4. The highest BCUT2D eigenvalue weighted by Crippen LogP contribution is 2.13. The molecule has 0 fully saturated rings. The molecule has 0 N–H and O–H groups in total. The van der Waals surface area contributed by atoms with Crippen molar-refractivity contribution in [2.75, 3.05) is 13.2 Å². The zero-order valence-electron chi connectivity index (χ0n) is 41.3. The van der Waals surface area contributed by atoms with E-state index in [9.17, 15) is 14.4 Å². The summed E-state index contributed by atoms with van der Waals surface area (Å²) >= 11 is 0. The maximum Gasteiger partial charge on any atom is 0.306 e. The van der Waals surface area contributed by atoms with Gasteiger partial charge in [-0.3, -0.25) is 14.4 Å². The number of unbranched alkanes of at least 4 members (excludes halogenated alkanes) is 24. The molecule has 0 saturated heterocycles. The van der Waals surface area contributed by atoms with Gasteiger partial charge in [-0.15, -0.1) is 0 Å². The summed E-state index contributed by atoms with van der Waals surface area (Å²) < 4.78 is 16.7. The quantitative estimate of drug-likeness (QED) is 0.0262. The van der Waals surface area contributed by atoms with Crippen molar-refractivity contribution < 1.29 is 28.6 Å². The van der Waals surface area contributed by atoms with Crippen molar-refractivity contribution in [3.8, 4) is 0 Å². The lowest BCUT2D eigenvalue weighted by atomic mass is 10.1. The van der Waals surface area contributed by atoms with E-state index < -0.39 is 6.10 Å². The Hall–Kier alpha value is -3.15. The zero-order valence-corrected chi connectivity index (χ0v) is 41.3. The largest absolute Gasteiger partial charge is 0.462 e. The van der Waals surface area contributed by atoms with Gasteiger partial charge in [0.2, 0.25) is 0 Å². The molecule has 0 bridgehead atoms. The Morgan fingerprint density at radius 1 is 0.317 bits per heavy atom. The summed E-state index contributed by atoms with van der Waals surface area (Å²) in [5.41, 5.74) is 0. The molecule has 6 nitrogen and oxygen atoms in total. The van der Waals surface area contributed by atoms with E-state index in [0.717, 1.165) is 83.5 Å². The SMILES string of the molecule is CCCCC/C=C/C/C=C/C/C=C/C/C=C/CCCC(=O)OC[C@@H](COC(=O)CCCCCCC/C=C/CCCCCCC)OC(=O)CCCCCCC/C=C/CCCCCCC. The van der Waals surface area contributed by atoms with Crippen LogP contribution in [0.4, 0.5) is 0 Å². The normalized spacial score (nSPS) is 12.6. The fourth-order valence-corrected chi connectivity index (χ4v) is 7.13. The van der Waals surface area contributed by atoms with Crippen molar-refractivity contribution in [3.63, 3.8) is 0 Å². The first kappa shape index (κ1) is 59.9. The molecule has 0 aromatic rings. The smallest absolute Gasteiger partial charge is 0.306 e. The molecule has 1 atom stereocenters. The van der Waals surface area contributed by atoms with Crippen LogP contribution in [0.15, 0.2) is 72.9 Å². The predicted octanol–water partition coefficient (Wildman–Crippen LogP) is 17.4. The number of allylic oxidation sites excluding steroid dienone is 12. The van der Waals surface area contributed by atoms with Crippen molar-refractivity contribution in [2.45, 2.75) is 258 Å². The van der Waals surface area contributed by atoms with Gasteiger partial charge in [0.25, 0.3) is 0 Å². The molecule has 0 aliphatic carbocycles. The summed E-state index contributed by atoms with van der Waals surface area (Å²) in [6, 6.07) is 0. The topological polar surface area (TPSA) is 78.9 Å². The maximum atomic E-state index is 12.8. The number of ether oxygens (including phenoxy) is 3. The van der Waals surface area contributed by atoms with Gasteiger partial charge in [-0.2, -0.15) is 0 Å². The van der Waals surface area contributed by atoms with Crippen LogP contribution in [0.25, 0.3) is 0 Å². The van der Waals surface area contributed by atoms with Crippen LogP contribution in [-0.2, 0) is 28.6 Å². The van der Waals surface area contributed by atoms with Gasteiger partial charge in [0.15, 0.2) is 6.10 Å². The Bertz CT molecular complexity index is 1190. The van der Waals surface area contributed by atoms with Gasteiger partial charge < -0.3 is 14.2 Å². The fraction of sp³-hybridized carbons (Fsp3) is 0.737. The Labute approximate surface area is 389 Å². The minimum Gasteiger partial charge on any atom is -0.462 e. The first-order valence-electron chi connectivity index (χ1n) is 26.4. The summed E-state index contributed by atoms with van der Waals surface area (Å²) in [5, 5.41) is 0. The Kier molecular flexibility index (Phi) is 48.9. The molecular formula is C57H98O6. The van der Waals surface area contributed by atoms with Gasteiger partial charge >= 0.3 is 17.9 Å². The lowest BCUT2D eigenvalue weighted by Crippen LogP contribution is -2.30. The van der Waals surface area contributed by atoms with Crippen LogP contribution >= 0.6 is 0 Å². The van der Waals surface area contributed by atoms with Gasteiger partial charge in [0.1, 0.15) is 13.2 Å². The molecule has 0 unspecified atom stereocenters. The zero-order chi connectivity index (χ0) is 45.8. The van der Waals surface area contributed by atoms with Gasteiger partial charge in [-0.25, -0.2) is 0 Å². The molecular weight excluding hydrogens is 781 g/mol. The van der Waals surface area contributed by atoms with Crippen LogP contribution in [0, 0.1) is 0 Å². The van der Waals surface area contributed by atoms with E-state index >= 15 is 0 Å². The molecule has 0 aliphatic rings. The Balaban J connectivity index is 4.49. The van der Waals surface area contributed by atoms with E-state index in [2.05, 4.69) is 93.7 Å². The minimum absolute atomic E-state index is 0.0999. The number of carbonyl (C=O) groups excluding carboxylic acids is 3. The molecule has 0 radical (unpaired) electrons. The highest BCUT2D eigenvalue weighted by atomic mass is 16.6. The molecule has 6 heteroatoms. The third kappa shape index (κ3) is 49.7. The average molecular weight is 879 g/mol.